The Hall–Kier alpha value is -3.22. The molecule has 3 heterocycles. The second-order valence-electron chi connectivity index (χ2n) is 7.61. The molecule has 0 unspecified atom stereocenters. The molecule has 7 nitrogen and oxygen atoms in total. The first-order valence-electron chi connectivity index (χ1n) is 9.93. The van der Waals surface area contributed by atoms with Crippen LogP contribution in [0.25, 0.3) is 5.82 Å². The van der Waals surface area contributed by atoms with Crippen molar-refractivity contribution in [1.29, 1.82) is 0 Å². The molecule has 0 bridgehead atoms. The van der Waals surface area contributed by atoms with Crippen LogP contribution in [-0.2, 0) is 11.2 Å². The summed E-state index contributed by atoms with van der Waals surface area (Å²) in [6.45, 7) is 8.95. The van der Waals surface area contributed by atoms with Crippen LogP contribution in [0.3, 0.4) is 0 Å². The van der Waals surface area contributed by atoms with Gasteiger partial charge in [0, 0.05) is 37.9 Å². The van der Waals surface area contributed by atoms with Crippen LogP contribution in [0.5, 0.6) is 0 Å². The van der Waals surface area contributed by atoms with Crippen molar-refractivity contribution in [3.05, 3.63) is 65.2 Å². The summed E-state index contributed by atoms with van der Waals surface area (Å²) in [7, 11) is 0. The van der Waals surface area contributed by atoms with Gasteiger partial charge in [0.2, 0.25) is 5.91 Å². The van der Waals surface area contributed by atoms with E-state index in [4.69, 9.17) is 0 Å². The molecule has 0 atom stereocenters. The topological polar surface area (TPSA) is 67.2 Å². The number of benzene rings is 1. The Kier molecular flexibility index (Phi) is 5.29. The molecule has 29 heavy (non-hydrogen) atoms. The number of carbonyl (C=O) groups is 1. The van der Waals surface area contributed by atoms with Crippen molar-refractivity contribution >= 4 is 11.7 Å². The Morgan fingerprint density at radius 1 is 0.966 bits per heavy atom. The first-order chi connectivity index (χ1) is 14.0. The van der Waals surface area contributed by atoms with Gasteiger partial charge in [-0.3, -0.25) is 4.79 Å². The molecule has 3 aromatic rings. The van der Waals surface area contributed by atoms with Crippen molar-refractivity contribution in [2.75, 3.05) is 31.1 Å². The Morgan fingerprint density at radius 3 is 2.41 bits per heavy atom. The SMILES string of the molecule is Cc1cccc(CC(=O)N2CCN(c3cc(-n4nc(C)cc4C)ncn3)CC2)c1. The van der Waals surface area contributed by atoms with Crippen molar-refractivity contribution in [3.63, 3.8) is 0 Å². The maximum atomic E-state index is 12.7. The van der Waals surface area contributed by atoms with Gasteiger partial charge < -0.3 is 9.80 Å². The zero-order chi connectivity index (χ0) is 20.4. The van der Waals surface area contributed by atoms with E-state index in [9.17, 15) is 4.79 Å². The molecular formula is C22H26N6O. The summed E-state index contributed by atoms with van der Waals surface area (Å²) in [4.78, 5) is 25.6. The first-order valence-corrected chi connectivity index (χ1v) is 9.93. The largest absolute Gasteiger partial charge is 0.353 e. The van der Waals surface area contributed by atoms with Gasteiger partial charge in [0.05, 0.1) is 12.1 Å². The maximum absolute atomic E-state index is 12.7. The van der Waals surface area contributed by atoms with Gasteiger partial charge in [0.1, 0.15) is 12.1 Å². The van der Waals surface area contributed by atoms with E-state index in [1.165, 1.54) is 5.56 Å². The zero-order valence-corrected chi connectivity index (χ0v) is 17.2. The Bertz CT molecular complexity index is 1020. The molecule has 1 saturated heterocycles. The quantitative estimate of drug-likeness (QED) is 0.685. The van der Waals surface area contributed by atoms with Crippen LogP contribution in [0.15, 0.2) is 42.7 Å². The number of anilines is 1. The lowest BCUT2D eigenvalue weighted by molar-refractivity contribution is -0.130. The maximum Gasteiger partial charge on any atom is 0.227 e. The number of nitrogens with zero attached hydrogens (tertiary/aromatic N) is 6. The molecule has 0 radical (unpaired) electrons. The predicted molar refractivity (Wildman–Crippen MR) is 112 cm³/mol. The molecular weight excluding hydrogens is 364 g/mol. The molecule has 0 saturated carbocycles. The lowest BCUT2D eigenvalue weighted by Gasteiger charge is -2.35. The van der Waals surface area contributed by atoms with E-state index in [1.807, 2.05) is 47.7 Å². The molecule has 0 aliphatic carbocycles. The monoisotopic (exact) mass is 390 g/mol. The van der Waals surface area contributed by atoms with Gasteiger partial charge in [-0.1, -0.05) is 29.8 Å². The van der Waals surface area contributed by atoms with Crippen LogP contribution in [0.2, 0.25) is 0 Å². The number of hydrogen-bond donors (Lipinski definition) is 0. The molecule has 1 aliphatic heterocycles. The molecule has 4 rings (SSSR count). The summed E-state index contributed by atoms with van der Waals surface area (Å²) in [5.74, 6) is 1.81. The van der Waals surface area contributed by atoms with Crippen molar-refractivity contribution < 1.29 is 4.79 Å². The van der Waals surface area contributed by atoms with Crippen LogP contribution in [-0.4, -0.2) is 56.7 Å². The lowest BCUT2D eigenvalue weighted by Crippen LogP contribution is -2.49. The molecule has 1 aromatic carbocycles. The van der Waals surface area contributed by atoms with E-state index in [0.29, 0.717) is 19.5 Å². The minimum Gasteiger partial charge on any atom is -0.353 e. The van der Waals surface area contributed by atoms with E-state index < -0.39 is 0 Å². The highest BCUT2D eigenvalue weighted by molar-refractivity contribution is 5.79. The third-order valence-corrected chi connectivity index (χ3v) is 5.26. The highest BCUT2D eigenvalue weighted by Crippen LogP contribution is 2.18. The van der Waals surface area contributed by atoms with Gasteiger partial charge in [0.15, 0.2) is 5.82 Å². The first kappa shape index (κ1) is 19.1. The average Bonchev–Trinajstić information content (AvgIpc) is 3.06. The molecule has 150 valence electrons. The van der Waals surface area contributed by atoms with Gasteiger partial charge in [-0.05, 0) is 32.4 Å². The Morgan fingerprint density at radius 2 is 1.72 bits per heavy atom. The number of piperazine rings is 1. The van der Waals surface area contributed by atoms with E-state index in [0.717, 1.165) is 41.7 Å². The van der Waals surface area contributed by atoms with Crippen molar-refractivity contribution in [2.45, 2.75) is 27.2 Å². The third-order valence-electron chi connectivity index (χ3n) is 5.26. The lowest BCUT2D eigenvalue weighted by atomic mass is 10.1. The summed E-state index contributed by atoms with van der Waals surface area (Å²) in [6, 6.07) is 12.1. The summed E-state index contributed by atoms with van der Waals surface area (Å²) in [5.41, 5.74) is 4.26. The van der Waals surface area contributed by atoms with Gasteiger partial charge in [-0.2, -0.15) is 5.10 Å². The number of rotatable bonds is 4. The minimum absolute atomic E-state index is 0.182. The normalized spacial score (nSPS) is 14.3. The fraction of sp³-hybridized carbons (Fsp3) is 0.364. The second kappa shape index (κ2) is 8.03. The van der Waals surface area contributed by atoms with Crippen LogP contribution < -0.4 is 4.90 Å². The number of aromatic nitrogens is 4. The summed E-state index contributed by atoms with van der Waals surface area (Å²) in [5, 5.41) is 4.50. The van der Waals surface area contributed by atoms with E-state index in [2.05, 4.69) is 39.0 Å². The average molecular weight is 390 g/mol. The number of hydrogen-bond acceptors (Lipinski definition) is 5. The van der Waals surface area contributed by atoms with Gasteiger partial charge in [0.25, 0.3) is 0 Å². The van der Waals surface area contributed by atoms with E-state index in [1.54, 1.807) is 6.33 Å². The highest BCUT2D eigenvalue weighted by Gasteiger charge is 2.22. The number of amides is 1. The van der Waals surface area contributed by atoms with Gasteiger partial charge in [-0.15, -0.1) is 0 Å². The predicted octanol–water partition coefficient (Wildman–Crippen LogP) is 2.48. The van der Waals surface area contributed by atoms with Crippen molar-refractivity contribution in [1.82, 2.24) is 24.6 Å². The van der Waals surface area contributed by atoms with Crippen LogP contribution in [0, 0.1) is 20.8 Å². The van der Waals surface area contributed by atoms with Crippen molar-refractivity contribution in [2.24, 2.45) is 0 Å². The van der Waals surface area contributed by atoms with E-state index >= 15 is 0 Å². The number of aryl methyl sites for hydroxylation is 3. The van der Waals surface area contributed by atoms with Gasteiger partial charge in [-0.25, -0.2) is 14.6 Å². The Labute approximate surface area is 171 Å². The van der Waals surface area contributed by atoms with Crippen molar-refractivity contribution in [3.8, 4) is 5.82 Å². The zero-order valence-electron chi connectivity index (χ0n) is 17.2. The fourth-order valence-corrected chi connectivity index (χ4v) is 3.78. The third kappa shape index (κ3) is 4.29. The smallest absolute Gasteiger partial charge is 0.227 e. The fourth-order valence-electron chi connectivity index (χ4n) is 3.78. The minimum atomic E-state index is 0.182. The van der Waals surface area contributed by atoms with E-state index in [-0.39, 0.29) is 5.91 Å². The molecule has 1 fully saturated rings. The van der Waals surface area contributed by atoms with Crippen LogP contribution in [0.1, 0.15) is 22.5 Å². The summed E-state index contributed by atoms with van der Waals surface area (Å²) in [6.07, 6.45) is 2.04. The van der Waals surface area contributed by atoms with Crippen LogP contribution in [0.4, 0.5) is 5.82 Å². The molecule has 0 N–H and O–H groups in total. The van der Waals surface area contributed by atoms with Crippen LogP contribution >= 0.6 is 0 Å². The number of carbonyl (C=O) groups excluding carboxylic acids is 1. The van der Waals surface area contributed by atoms with Gasteiger partial charge >= 0.3 is 0 Å². The Balaban J connectivity index is 1.40. The summed E-state index contributed by atoms with van der Waals surface area (Å²) < 4.78 is 1.84. The molecule has 1 aliphatic rings. The highest BCUT2D eigenvalue weighted by atomic mass is 16.2. The molecule has 7 heteroatoms. The molecule has 0 spiro atoms. The standard InChI is InChI=1S/C22H26N6O/c1-16-5-4-6-19(11-16)13-22(29)27-9-7-26(8-10-27)20-14-21(24-15-23-20)28-18(3)12-17(2)25-28/h4-6,11-12,14-15H,7-10,13H2,1-3H3. The second-order valence-corrected chi connectivity index (χ2v) is 7.61. The molecule has 2 aromatic heterocycles. The summed E-state index contributed by atoms with van der Waals surface area (Å²) >= 11 is 0. The molecule has 1 amide bonds.